The van der Waals surface area contributed by atoms with E-state index in [0.29, 0.717) is 10.6 Å². The number of hydrogen-bond donors (Lipinski definition) is 1. The number of hydrogen-bond acceptors (Lipinski definition) is 3. The van der Waals surface area contributed by atoms with Crippen LogP contribution in [0.4, 0.5) is 0 Å². The molecule has 0 saturated carbocycles. The molecule has 0 unspecified atom stereocenters. The van der Waals surface area contributed by atoms with E-state index in [1.165, 1.54) is 0 Å². The predicted molar refractivity (Wildman–Crippen MR) is 70.7 cm³/mol. The first-order valence-electron chi connectivity index (χ1n) is 5.69. The molecule has 0 saturated heterocycles. The fourth-order valence-corrected chi connectivity index (χ4v) is 1.82. The van der Waals surface area contributed by atoms with Crippen LogP contribution in [0.1, 0.15) is 18.1 Å². The Hall–Kier alpha value is -1.83. The lowest BCUT2D eigenvalue weighted by Crippen LogP contribution is -2.12. The molecule has 4 nitrogen and oxygen atoms in total. The standard InChI is InChI=1S/C13H13ClN4/c1-2-16-7-10-3-4-13(11(5-10)6-15)18-9-12(14)8-17-18/h3-5,8-9,16H,2,7H2,1H3. The molecule has 1 heterocycles. The smallest absolute Gasteiger partial charge is 0.101 e. The van der Waals surface area contributed by atoms with Gasteiger partial charge in [0, 0.05) is 12.7 Å². The topological polar surface area (TPSA) is 53.6 Å². The fourth-order valence-electron chi connectivity index (χ4n) is 1.68. The zero-order valence-corrected chi connectivity index (χ0v) is 10.8. The Kier molecular flexibility index (Phi) is 3.98. The second kappa shape index (κ2) is 5.67. The maximum Gasteiger partial charge on any atom is 0.101 e. The van der Waals surface area contributed by atoms with Crippen LogP contribution in [0.2, 0.25) is 5.02 Å². The van der Waals surface area contributed by atoms with Gasteiger partial charge in [-0.15, -0.1) is 0 Å². The molecular formula is C13H13ClN4. The fraction of sp³-hybridized carbons (Fsp3) is 0.231. The molecule has 0 aliphatic carbocycles. The maximum absolute atomic E-state index is 9.19. The molecule has 92 valence electrons. The summed E-state index contributed by atoms with van der Waals surface area (Å²) in [4.78, 5) is 0. The zero-order valence-electron chi connectivity index (χ0n) is 10.0. The Labute approximate surface area is 111 Å². The zero-order chi connectivity index (χ0) is 13.0. The first-order valence-corrected chi connectivity index (χ1v) is 6.06. The van der Waals surface area contributed by atoms with Crippen molar-refractivity contribution >= 4 is 11.6 Å². The maximum atomic E-state index is 9.19. The number of nitrogens with one attached hydrogen (secondary N) is 1. The van der Waals surface area contributed by atoms with E-state index in [1.54, 1.807) is 17.1 Å². The lowest BCUT2D eigenvalue weighted by molar-refractivity contribution is 0.726. The van der Waals surface area contributed by atoms with Crippen molar-refractivity contribution in [3.63, 3.8) is 0 Å². The first-order chi connectivity index (χ1) is 8.74. The summed E-state index contributed by atoms with van der Waals surface area (Å²) >= 11 is 5.83. The quantitative estimate of drug-likeness (QED) is 0.919. The summed E-state index contributed by atoms with van der Waals surface area (Å²) in [5.41, 5.74) is 2.41. The van der Waals surface area contributed by atoms with Gasteiger partial charge in [0.2, 0.25) is 0 Å². The summed E-state index contributed by atoms with van der Waals surface area (Å²) < 4.78 is 1.61. The summed E-state index contributed by atoms with van der Waals surface area (Å²) in [6, 6.07) is 7.92. The number of benzene rings is 1. The highest BCUT2D eigenvalue weighted by molar-refractivity contribution is 6.30. The number of halogens is 1. The van der Waals surface area contributed by atoms with Crippen LogP contribution in [-0.2, 0) is 6.54 Å². The highest BCUT2D eigenvalue weighted by Gasteiger charge is 2.07. The van der Waals surface area contributed by atoms with E-state index in [0.717, 1.165) is 24.3 Å². The van der Waals surface area contributed by atoms with Crippen molar-refractivity contribution < 1.29 is 0 Å². The Balaban J connectivity index is 2.35. The number of nitrogens with zero attached hydrogens (tertiary/aromatic N) is 3. The molecule has 0 atom stereocenters. The molecule has 2 rings (SSSR count). The molecule has 0 fully saturated rings. The van der Waals surface area contributed by atoms with Crippen LogP contribution >= 0.6 is 11.6 Å². The second-order valence-electron chi connectivity index (χ2n) is 3.85. The molecule has 1 aromatic carbocycles. The highest BCUT2D eigenvalue weighted by Crippen LogP contribution is 2.17. The van der Waals surface area contributed by atoms with Crippen LogP contribution in [0, 0.1) is 11.3 Å². The molecule has 0 spiro atoms. The lowest BCUT2D eigenvalue weighted by atomic mass is 10.1. The first kappa shape index (κ1) is 12.6. The van der Waals surface area contributed by atoms with Gasteiger partial charge in [-0.2, -0.15) is 10.4 Å². The monoisotopic (exact) mass is 260 g/mol. The van der Waals surface area contributed by atoms with Crippen molar-refractivity contribution in [2.24, 2.45) is 0 Å². The van der Waals surface area contributed by atoms with E-state index in [1.807, 2.05) is 25.1 Å². The predicted octanol–water partition coefficient (Wildman–Crippen LogP) is 2.51. The third-order valence-electron chi connectivity index (χ3n) is 2.56. The molecular weight excluding hydrogens is 248 g/mol. The summed E-state index contributed by atoms with van der Waals surface area (Å²) in [5, 5.41) is 17.1. The molecule has 0 bridgehead atoms. The van der Waals surface area contributed by atoms with Crippen LogP contribution in [0.25, 0.3) is 5.69 Å². The molecule has 2 aromatic rings. The van der Waals surface area contributed by atoms with E-state index in [2.05, 4.69) is 16.5 Å². The molecule has 0 amide bonds. The number of aromatic nitrogens is 2. The Bertz CT molecular complexity index is 583. The van der Waals surface area contributed by atoms with Gasteiger partial charge in [0.1, 0.15) is 6.07 Å². The Morgan fingerprint density at radius 1 is 1.50 bits per heavy atom. The molecule has 0 radical (unpaired) electrons. The normalized spacial score (nSPS) is 10.3. The van der Waals surface area contributed by atoms with Crippen LogP contribution in [-0.4, -0.2) is 16.3 Å². The summed E-state index contributed by atoms with van der Waals surface area (Å²) in [5.74, 6) is 0. The van der Waals surface area contributed by atoms with Crippen molar-refractivity contribution in [2.45, 2.75) is 13.5 Å². The molecule has 1 aromatic heterocycles. The van der Waals surface area contributed by atoms with Crippen LogP contribution in [0.15, 0.2) is 30.6 Å². The minimum absolute atomic E-state index is 0.551. The van der Waals surface area contributed by atoms with Crippen LogP contribution in [0.3, 0.4) is 0 Å². The SMILES string of the molecule is CCNCc1ccc(-n2cc(Cl)cn2)c(C#N)c1. The van der Waals surface area contributed by atoms with Gasteiger partial charge in [0.05, 0.1) is 22.5 Å². The van der Waals surface area contributed by atoms with Gasteiger partial charge in [-0.3, -0.25) is 0 Å². The van der Waals surface area contributed by atoms with Crippen molar-refractivity contribution in [1.29, 1.82) is 5.26 Å². The molecule has 0 aliphatic heterocycles. The van der Waals surface area contributed by atoms with E-state index >= 15 is 0 Å². The molecule has 18 heavy (non-hydrogen) atoms. The Morgan fingerprint density at radius 2 is 2.33 bits per heavy atom. The molecule has 5 heteroatoms. The second-order valence-corrected chi connectivity index (χ2v) is 4.28. The van der Waals surface area contributed by atoms with Gasteiger partial charge in [-0.05, 0) is 24.2 Å². The van der Waals surface area contributed by atoms with Gasteiger partial charge < -0.3 is 5.32 Å². The van der Waals surface area contributed by atoms with Crippen LogP contribution in [0.5, 0.6) is 0 Å². The highest BCUT2D eigenvalue weighted by atomic mass is 35.5. The summed E-state index contributed by atoms with van der Waals surface area (Å²) in [6.45, 7) is 3.70. The largest absolute Gasteiger partial charge is 0.313 e. The average molecular weight is 261 g/mol. The van der Waals surface area contributed by atoms with Crippen molar-refractivity contribution in [3.05, 3.63) is 46.7 Å². The van der Waals surface area contributed by atoms with E-state index in [9.17, 15) is 5.26 Å². The van der Waals surface area contributed by atoms with Crippen molar-refractivity contribution in [2.75, 3.05) is 6.54 Å². The van der Waals surface area contributed by atoms with Gasteiger partial charge in [-0.1, -0.05) is 24.6 Å². The third-order valence-corrected chi connectivity index (χ3v) is 2.75. The van der Waals surface area contributed by atoms with Crippen molar-refractivity contribution in [3.8, 4) is 11.8 Å². The third kappa shape index (κ3) is 2.70. The van der Waals surface area contributed by atoms with Gasteiger partial charge in [0.25, 0.3) is 0 Å². The lowest BCUT2D eigenvalue weighted by Gasteiger charge is -2.07. The summed E-state index contributed by atoms with van der Waals surface area (Å²) in [6.07, 6.45) is 3.23. The van der Waals surface area contributed by atoms with E-state index in [4.69, 9.17) is 11.6 Å². The Morgan fingerprint density at radius 3 is 2.94 bits per heavy atom. The average Bonchev–Trinajstić information content (AvgIpc) is 2.82. The minimum Gasteiger partial charge on any atom is -0.313 e. The van der Waals surface area contributed by atoms with Gasteiger partial charge >= 0.3 is 0 Å². The molecule has 1 N–H and O–H groups in total. The van der Waals surface area contributed by atoms with Gasteiger partial charge in [-0.25, -0.2) is 4.68 Å². The summed E-state index contributed by atoms with van der Waals surface area (Å²) in [7, 11) is 0. The van der Waals surface area contributed by atoms with E-state index in [-0.39, 0.29) is 0 Å². The van der Waals surface area contributed by atoms with Crippen molar-refractivity contribution in [1.82, 2.24) is 15.1 Å². The van der Waals surface area contributed by atoms with Crippen LogP contribution < -0.4 is 5.32 Å². The van der Waals surface area contributed by atoms with E-state index < -0.39 is 0 Å². The van der Waals surface area contributed by atoms with Gasteiger partial charge in [0.15, 0.2) is 0 Å². The number of nitriles is 1. The minimum atomic E-state index is 0.551. The number of rotatable bonds is 4. The molecule has 0 aliphatic rings.